The molecule has 3 rings (SSSR count). The van der Waals surface area contributed by atoms with Crippen molar-refractivity contribution in [3.8, 4) is 0 Å². The molecule has 30 heavy (non-hydrogen) atoms. The lowest BCUT2D eigenvalue weighted by molar-refractivity contribution is -0.147. The van der Waals surface area contributed by atoms with Gasteiger partial charge in [-0.15, -0.1) is 0 Å². The third-order valence-electron chi connectivity index (χ3n) is 4.37. The molecule has 0 saturated carbocycles. The van der Waals surface area contributed by atoms with Crippen LogP contribution in [0.15, 0.2) is 34.1 Å². The second kappa shape index (κ2) is 8.72. The van der Waals surface area contributed by atoms with E-state index in [9.17, 15) is 19.2 Å². The smallest absolute Gasteiger partial charge is 0.332 e. The van der Waals surface area contributed by atoms with E-state index in [0.717, 1.165) is 4.57 Å². The summed E-state index contributed by atoms with van der Waals surface area (Å²) in [5.41, 5.74) is -0.379. The molecule has 1 amide bonds. The number of carbonyl (C=O) groups excluding carboxylic acids is 2. The average Bonchev–Trinajstić information content (AvgIpc) is 3.14. The van der Waals surface area contributed by atoms with Crippen LogP contribution in [0.1, 0.15) is 6.42 Å². The summed E-state index contributed by atoms with van der Waals surface area (Å²) in [5, 5.41) is 2.99. The highest BCUT2D eigenvalue weighted by atomic mass is 35.5. The number of ether oxygens (including phenoxy) is 1. The zero-order valence-corrected chi connectivity index (χ0v) is 17.5. The molecule has 1 N–H and O–H groups in total. The fourth-order valence-corrected chi connectivity index (χ4v) is 3.28. The summed E-state index contributed by atoms with van der Waals surface area (Å²) in [6.45, 7) is -0.442. The maximum Gasteiger partial charge on any atom is 0.332 e. The Morgan fingerprint density at radius 3 is 2.47 bits per heavy atom. The topological polar surface area (TPSA) is 117 Å². The van der Waals surface area contributed by atoms with Gasteiger partial charge in [0.1, 0.15) is 0 Å². The van der Waals surface area contributed by atoms with Gasteiger partial charge < -0.3 is 14.6 Å². The van der Waals surface area contributed by atoms with Crippen LogP contribution in [0.5, 0.6) is 0 Å². The van der Waals surface area contributed by atoms with Crippen molar-refractivity contribution in [2.45, 2.75) is 13.0 Å². The Hall–Kier alpha value is -3.11. The first-order chi connectivity index (χ1) is 14.2. The molecule has 0 fully saturated rings. The zero-order chi connectivity index (χ0) is 22.0. The Balaban J connectivity index is 1.61. The molecular formula is C18H17Cl2N5O5. The Morgan fingerprint density at radius 1 is 1.13 bits per heavy atom. The molecule has 0 atom stereocenters. The molecule has 0 aliphatic rings. The van der Waals surface area contributed by atoms with Gasteiger partial charge in [0, 0.05) is 20.6 Å². The number of esters is 1. The predicted molar refractivity (Wildman–Crippen MR) is 111 cm³/mol. The molecule has 2 heterocycles. The van der Waals surface area contributed by atoms with Gasteiger partial charge >= 0.3 is 11.7 Å². The number of para-hydroxylation sites is 1. The SMILES string of the molecule is Cn1c(=O)c2c(ncn2CCC(=O)OCC(=O)Nc2c(Cl)cccc2Cl)n(C)c1=O. The van der Waals surface area contributed by atoms with Gasteiger partial charge in [-0.25, -0.2) is 9.78 Å². The fraction of sp³-hybridized carbons (Fsp3) is 0.278. The Morgan fingerprint density at radius 2 is 1.80 bits per heavy atom. The molecule has 0 saturated heterocycles. The van der Waals surface area contributed by atoms with E-state index in [1.165, 1.54) is 29.6 Å². The number of amides is 1. The second-order valence-electron chi connectivity index (χ2n) is 6.37. The zero-order valence-electron chi connectivity index (χ0n) is 16.0. The molecule has 0 unspecified atom stereocenters. The van der Waals surface area contributed by atoms with E-state index in [1.54, 1.807) is 18.2 Å². The van der Waals surface area contributed by atoms with Crippen LogP contribution in [0, 0.1) is 0 Å². The Kier molecular flexibility index (Phi) is 6.28. The maximum atomic E-state index is 12.4. The van der Waals surface area contributed by atoms with Crippen LogP contribution >= 0.6 is 23.2 Å². The molecule has 158 valence electrons. The molecule has 2 aromatic heterocycles. The van der Waals surface area contributed by atoms with Crippen molar-refractivity contribution in [2.24, 2.45) is 14.1 Å². The number of hydrogen-bond donors (Lipinski definition) is 1. The predicted octanol–water partition coefficient (Wildman–Crippen LogP) is 1.31. The van der Waals surface area contributed by atoms with Crippen molar-refractivity contribution in [3.05, 3.63) is 55.4 Å². The number of hydrogen-bond acceptors (Lipinski definition) is 6. The lowest BCUT2D eigenvalue weighted by Crippen LogP contribution is -2.37. The van der Waals surface area contributed by atoms with Crippen molar-refractivity contribution >= 4 is 51.9 Å². The summed E-state index contributed by atoms with van der Waals surface area (Å²) in [7, 11) is 2.86. The minimum Gasteiger partial charge on any atom is -0.456 e. The highest BCUT2D eigenvalue weighted by Gasteiger charge is 2.16. The highest BCUT2D eigenvalue weighted by Crippen LogP contribution is 2.29. The van der Waals surface area contributed by atoms with Crippen molar-refractivity contribution in [3.63, 3.8) is 0 Å². The first-order valence-electron chi connectivity index (χ1n) is 8.71. The largest absolute Gasteiger partial charge is 0.456 e. The molecule has 0 radical (unpaired) electrons. The number of fused-ring (bicyclic) bond motifs is 1. The van der Waals surface area contributed by atoms with Gasteiger partial charge in [0.05, 0.1) is 28.5 Å². The van der Waals surface area contributed by atoms with Crippen molar-refractivity contribution in [1.82, 2.24) is 18.7 Å². The Bertz CT molecular complexity index is 1240. The summed E-state index contributed by atoms with van der Waals surface area (Å²) in [4.78, 5) is 52.4. The van der Waals surface area contributed by atoms with Gasteiger partial charge in [-0.1, -0.05) is 29.3 Å². The number of halogens is 2. The van der Waals surface area contributed by atoms with Gasteiger partial charge in [0.2, 0.25) is 0 Å². The number of aryl methyl sites for hydroxylation is 2. The van der Waals surface area contributed by atoms with Crippen molar-refractivity contribution in [2.75, 3.05) is 11.9 Å². The van der Waals surface area contributed by atoms with E-state index >= 15 is 0 Å². The molecular weight excluding hydrogens is 437 g/mol. The van der Waals surface area contributed by atoms with E-state index < -0.39 is 29.7 Å². The lowest BCUT2D eigenvalue weighted by atomic mass is 10.3. The van der Waals surface area contributed by atoms with Crippen LogP contribution in [-0.4, -0.2) is 37.2 Å². The van der Waals surface area contributed by atoms with Crippen LogP contribution < -0.4 is 16.6 Å². The molecule has 12 heteroatoms. The maximum absolute atomic E-state index is 12.4. The van der Waals surface area contributed by atoms with E-state index in [4.69, 9.17) is 27.9 Å². The van der Waals surface area contributed by atoms with Crippen molar-refractivity contribution in [1.29, 1.82) is 0 Å². The normalized spacial score (nSPS) is 10.9. The van der Waals surface area contributed by atoms with Crippen LogP contribution in [0.3, 0.4) is 0 Å². The number of nitrogens with zero attached hydrogens (tertiary/aromatic N) is 4. The summed E-state index contributed by atoms with van der Waals surface area (Å²) in [5.74, 6) is -1.26. The molecule has 1 aromatic carbocycles. The van der Waals surface area contributed by atoms with Gasteiger partial charge in [-0.05, 0) is 12.1 Å². The van der Waals surface area contributed by atoms with E-state index in [2.05, 4.69) is 10.3 Å². The molecule has 0 spiro atoms. The minimum absolute atomic E-state index is 0.0841. The number of anilines is 1. The number of carbonyl (C=O) groups is 2. The third kappa shape index (κ3) is 4.24. The average molecular weight is 454 g/mol. The molecule has 10 nitrogen and oxygen atoms in total. The van der Waals surface area contributed by atoms with Gasteiger partial charge in [-0.2, -0.15) is 0 Å². The molecule has 3 aromatic rings. The number of nitrogens with one attached hydrogen (secondary N) is 1. The summed E-state index contributed by atoms with van der Waals surface area (Å²) >= 11 is 11.9. The first-order valence-corrected chi connectivity index (χ1v) is 9.46. The molecule has 0 aliphatic carbocycles. The highest BCUT2D eigenvalue weighted by molar-refractivity contribution is 6.39. The van der Waals surface area contributed by atoms with Gasteiger partial charge in [0.15, 0.2) is 17.8 Å². The second-order valence-corrected chi connectivity index (χ2v) is 7.19. The van der Waals surface area contributed by atoms with E-state index in [-0.39, 0.29) is 39.9 Å². The van der Waals surface area contributed by atoms with E-state index in [1.807, 2.05) is 0 Å². The van der Waals surface area contributed by atoms with Gasteiger partial charge in [0.25, 0.3) is 11.5 Å². The van der Waals surface area contributed by atoms with Crippen LogP contribution in [-0.2, 0) is 35.0 Å². The number of aromatic nitrogens is 4. The third-order valence-corrected chi connectivity index (χ3v) is 5.00. The number of imidazole rings is 1. The molecule has 0 aliphatic heterocycles. The van der Waals surface area contributed by atoms with Gasteiger partial charge in [-0.3, -0.25) is 23.5 Å². The Labute approximate surface area is 179 Å². The number of rotatable bonds is 6. The lowest BCUT2D eigenvalue weighted by Gasteiger charge is -2.10. The van der Waals surface area contributed by atoms with Crippen molar-refractivity contribution < 1.29 is 14.3 Å². The van der Waals surface area contributed by atoms with Crippen LogP contribution in [0.2, 0.25) is 10.0 Å². The monoisotopic (exact) mass is 453 g/mol. The standard InChI is InChI=1S/C18H17Cl2N5O5/c1-23-16-15(17(28)24(2)18(23)29)25(9-21-16)7-6-13(27)30-8-12(26)22-14-10(19)4-3-5-11(14)20/h3-5,9H,6-8H2,1-2H3,(H,22,26). The van der Waals surface area contributed by atoms with Crippen LogP contribution in [0.25, 0.3) is 11.2 Å². The van der Waals surface area contributed by atoms with Crippen LogP contribution in [0.4, 0.5) is 5.69 Å². The molecule has 0 bridgehead atoms. The first kappa shape index (κ1) is 21.6. The summed E-state index contributed by atoms with van der Waals surface area (Å²) in [6.07, 6.45) is 1.25. The minimum atomic E-state index is -0.654. The van der Waals surface area contributed by atoms with E-state index in [0.29, 0.717) is 0 Å². The quantitative estimate of drug-likeness (QED) is 0.562. The summed E-state index contributed by atoms with van der Waals surface area (Å²) in [6, 6.07) is 4.75. The summed E-state index contributed by atoms with van der Waals surface area (Å²) < 4.78 is 8.62. The fourth-order valence-electron chi connectivity index (χ4n) is 2.79. The number of benzene rings is 1.